The van der Waals surface area contributed by atoms with Gasteiger partial charge in [0, 0.05) is 18.7 Å². The lowest BCUT2D eigenvalue weighted by atomic mass is 10.1. The highest BCUT2D eigenvalue weighted by atomic mass is 16.5. The number of ether oxygens (including phenoxy) is 1. The zero-order chi connectivity index (χ0) is 17.2. The Bertz CT molecular complexity index is 678. The minimum Gasteiger partial charge on any atom is -0.497 e. The molecule has 126 valence electrons. The van der Waals surface area contributed by atoms with E-state index in [1.54, 1.807) is 13.2 Å². The number of hydrogen-bond acceptors (Lipinski definition) is 3. The second-order valence-corrected chi connectivity index (χ2v) is 5.42. The third-order valence-corrected chi connectivity index (χ3v) is 3.60. The Hall–Kier alpha value is -2.59. The van der Waals surface area contributed by atoms with E-state index in [4.69, 9.17) is 9.84 Å². The van der Waals surface area contributed by atoms with E-state index in [-0.39, 0.29) is 12.5 Å². The minimum atomic E-state index is -0.0902. The van der Waals surface area contributed by atoms with Gasteiger partial charge in [-0.1, -0.05) is 36.4 Å². The highest BCUT2D eigenvalue weighted by Gasteiger charge is 2.04. The fraction of sp³-hybridized carbons (Fsp3) is 0.250. The molecular weight excluding hydrogens is 302 g/mol. The molecule has 0 aliphatic rings. The summed E-state index contributed by atoms with van der Waals surface area (Å²) in [6.07, 6.45) is 5.45. The van der Waals surface area contributed by atoms with Gasteiger partial charge in [0.15, 0.2) is 0 Å². The number of unbranched alkanes of at least 4 members (excludes halogenated alkanes) is 1. The van der Waals surface area contributed by atoms with Gasteiger partial charge in [0.1, 0.15) is 5.75 Å². The van der Waals surface area contributed by atoms with Gasteiger partial charge in [0.2, 0.25) is 0 Å². The van der Waals surface area contributed by atoms with Crippen molar-refractivity contribution in [2.24, 2.45) is 0 Å². The van der Waals surface area contributed by atoms with Gasteiger partial charge in [-0.2, -0.15) is 0 Å². The third kappa shape index (κ3) is 5.56. The molecule has 0 heterocycles. The van der Waals surface area contributed by atoms with E-state index in [2.05, 4.69) is 5.32 Å². The van der Waals surface area contributed by atoms with Gasteiger partial charge in [-0.15, -0.1) is 0 Å². The molecule has 0 radical (unpaired) electrons. The Kier molecular flexibility index (Phi) is 7.05. The van der Waals surface area contributed by atoms with Crippen LogP contribution in [0.1, 0.15) is 34.3 Å². The van der Waals surface area contributed by atoms with E-state index in [0.717, 1.165) is 23.3 Å². The summed E-state index contributed by atoms with van der Waals surface area (Å²) in [6.45, 7) is 0.729. The number of rotatable bonds is 8. The molecule has 4 heteroatoms. The van der Waals surface area contributed by atoms with Crippen LogP contribution in [0.15, 0.2) is 48.5 Å². The van der Waals surface area contributed by atoms with Crippen molar-refractivity contribution in [3.8, 4) is 5.75 Å². The van der Waals surface area contributed by atoms with Crippen LogP contribution in [-0.2, 0) is 0 Å². The highest BCUT2D eigenvalue weighted by molar-refractivity contribution is 5.94. The standard InChI is InChI=1S/C20H23NO3/c1-24-19-11-9-16(10-12-19)7-8-17-5-4-6-18(15-17)20(23)21-13-2-3-14-22/h4-12,15,22H,2-3,13-14H2,1H3,(H,21,23)/b8-7+. The van der Waals surface area contributed by atoms with E-state index in [1.165, 1.54) is 0 Å². The zero-order valence-corrected chi connectivity index (χ0v) is 13.9. The number of carbonyl (C=O) groups excluding carboxylic acids is 1. The first-order valence-electron chi connectivity index (χ1n) is 8.04. The number of amides is 1. The van der Waals surface area contributed by atoms with Gasteiger partial charge in [0.05, 0.1) is 7.11 Å². The second kappa shape index (κ2) is 9.53. The molecule has 2 aromatic carbocycles. The SMILES string of the molecule is COc1ccc(/C=C/c2cccc(C(=O)NCCCCO)c2)cc1. The van der Waals surface area contributed by atoms with E-state index in [9.17, 15) is 4.79 Å². The summed E-state index contributed by atoms with van der Waals surface area (Å²) >= 11 is 0. The van der Waals surface area contributed by atoms with Crippen LogP contribution in [0.3, 0.4) is 0 Å². The second-order valence-electron chi connectivity index (χ2n) is 5.42. The largest absolute Gasteiger partial charge is 0.497 e. The molecule has 2 rings (SSSR count). The van der Waals surface area contributed by atoms with Crippen molar-refractivity contribution in [2.75, 3.05) is 20.3 Å². The number of methoxy groups -OCH3 is 1. The maximum Gasteiger partial charge on any atom is 0.251 e. The number of hydrogen-bond donors (Lipinski definition) is 2. The van der Waals surface area contributed by atoms with Crippen LogP contribution in [0.25, 0.3) is 12.2 Å². The fourth-order valence-electron chi connectivity index (χ4n) is 2.23. The molecular formula is C20H23NO3. The lowest BCUT2D eigenvalue weighted by molar-refractivity contribution is 0.0952. The van der Waals surface area contributed by atoms with Crippen molar-refractivity contribution < 1.29 is 14.6 Å². The first-order valence-corrected chi connectivity index (χ1v) is 8.04. The topological polar surface area (TPSA) is 58.6 Å². The first-order chi connectivity index (χ1) is 11.7. The first kappa shape index (κ1) is 17.8. The zero-order valence-electron chi connectivity index (χ0n) is 13.9. The molecule has 2 N–H and O–H groups in total. The average molecular weight is 325 g/mol. The lowest BCUT2D eigenvalue weighted by Crippen LogP contribution is -2.24. The smallest absolute Gasteiger partial charge is 0.251 e. The summed E-state index contributed by atoms with van der Waals surface area (Å²) in [5.41, 5.74) is 2.67. The molecule has 0 aliphatic carbocycles. The normalized spacial score (nSPS) is 10.8. The average Bonchev–Trinajstić information content (AvgIpc) is 2.64. The Morgan fingerprint density at radius 3 is 2.54 bits per heavy atom. The molecule has 0 aromatic heterocycles. The van der Waals surface area contributed by atoms with Crippen molar-refractivity contribution in [3.63, 3.8) is 0 Å². The number of nitrogens with one attached hydrogen (secondary N) is 1. The van der Waals surface area contributed by atoms with Crippen molar-refractivity contribution in [3.05, 3.63) is 65.2 Å². The summed E-state index contributed by atoms with van der Waals surface area (Å²) in [7, 11) is 1.64. The Morgan fingerprint density at radius 2 is 1.83 bits per heavy atom. The predicted octanol–water partition coefficient (Wildman–Crippen LogP) is 3.37. The molecule has 0 atom stereocenters. The van der Waals surface area contributed by atoms with Crippen LogP contribution < -0.4 is 10.1 Å². The number of aliphatic hydroxyl groups is 1. The van der Waals surface area contributed by atoms with Crippen LogP contribution in [0.2, 0.25) is 0 Å². The molecule has 0 spiro atoms. The van der Waals surface area contributed by atoms with Gasteiger partial charge in [0.25, 0.3) is 5.91 Å². The predicted molar refractivity (Wildman–Crippen MR) is 97.0 cm³/mol. The summed E-state index contributed by atoms with van der Waals surface area (Å²) in [4.78, 5) is 12.1. The Morgan fingerprint density at radius 1 is 1.08 bits per heavy atom. The molecule has 0 unspecified atom stereocenters. The number of aliphatic hydroxyl groups excluding tert-OH is 1. The van der Waals surface area contributed by atoms with Gasteiger partial charge in [-0.3, -0.25) is 4.79 Å². The van der Waals surface area contributed by atoms with Crippen LogP contribution in [0.5, 0.6) is 5.75 Å². The maximum absolute atomic E-state index is 12.1. The molecule has 0 bridgehead atoms. The summed E-state index contributed by atoms with van der Waals surface area (Å²) in [6, 6.07) is 15.3. The van der Waals surface area contributed by atoms with Crippen LogP contribution in [0, 0.1) is 0 Å². The minimum absolute atomic E-state index is 0.0902. The monoisotopic (exact) mass is 325 g/mol. The summed E-state index contributed by atoms with van der Waals surface area (Å²) < 4.78 is 5.14. The van der Waals surface area contributed by atoms with Crippen molar-refractivity contribution >= 4 is 18.1 Å². The van der Waals surface area contributed by atoms with Gasteiger partial charge in [-0.05, 0) is 48.2 Å². The van der Waals surface area contributed by atoms with Crippen molar-refractivity contribution in [1.29, 1.82) is 0 Å². The molecule has 2 aromatic rings. The van der Waals surface area contributed by atoms with Gasteiger partial charge < -0.3 is 15.2 Å². The summed E-state index contributed by atoms with van der Waals surface area (Å²) in [5.74, 6) is 0.736. The fourth-order valence-corrected chi connectivity index (χ4v) is 2.23. The Balaban J connectivity index is 1.98. The van der Waals surface area contributed by atoms with E-state index in [1.807, 2.05) is 54.6 Å². The van der Waals surface area contributed by atoms with Crippen LogP contribution in [0.4, 0.5) is 0 Å². The molecule has 1 amide bonds. The summed E-state index contributed by atoms with van der Waals surface area (Å²) in [5, 5.41) is 11.6. The van der Waals surface area contributed by atoms with E-state index < -0.39 is 0 Å². The molecule has 24 heavy (non-hydrogen) atoms. The highest BCUT2D eigenvalue weighted by Crippen LogP contribution is 2.14. The van der Waals surface area contributed by atoms with Gasteiger partial charge >= 0.3 is 0 Å². The quantitative estimate of drug-likeness (QED) is 0.578. The molecule has 0 saturated heterocycles. The van der Waals surface area contributed by atoms with Crippen LogP contribution >= 0.6 is 0 Å². The van der Waals surface area contributed by atoms with E-state index >= 15 is 0 Å². The lowest BCUT2D eigenvalue weighted by Gasteiger charge is -2.05. The number of carbonyl (C=O) groups is 1. The molecule has 0 fully saturated rings. The van der Waals surface area contributed by atoms with Crippen LogP contribution in [-0.4, -0.2) is 31.3 Å². The molecule has 4 nitrogen and oxygen atoms in total. The van der Waals surface area contributed by atoms with Crippen molar-refractivity contribution in [2.45, 2.75) is 12.8 Å². The maximum atomic E-state index is 12.1. The van der Waals surface area contributed by atoms with E-state index in [0.29, 0.717) is 18.5 Å². The molecule has 0 saturated carbocycles. The number of benzene rings is 2. The van der Waals surface area contributed by atoms with Crippen molar-refractivity contribution in [1.82, 2.24) is 5.32 Å². The Labute approximate surface area is 142 Å². The third-order valence-electron chi connectivity index (χ3n) is 3.60. The van der Waals surface area contributed by atoms with Gasteiger partial charge in [-0.25, -0.2) is 0 Å². The molecule has 0 aliphatic heterocycles.